The molecule has 1 atom stereocenters. The first-order valence-electron chi connectivity index (χ1n) is 31.2. The summed E-state index contributed by atoms with van der Waals surface area (Å²) in [6, 6.07) is 0. The van der Waals surface area contributed by atoms with E-state index in [1.807, 2.05) is 0 Å². The lowest BCUT2D eigenvalue weighted by atomic mass is 10.0. The molecule has 74 heavy (non-hydrogen) atoms. The van der Waals surface area contributed by atoms with Crippen molar-refractivity contribution in [2.75, 3.05) is 13.2 Å². The fraction of sp³-hybridized carbons (Fsp3) is 0.721. The van der Waals surface area contributed by atoms with Crippen molar-refractivity contribution >= 4 is 17.9 Å². The largest absolute Gasteiger partial charge is 0.462 e. The minimum absolute atomic E-state index is 0.0805. The van der Waals surface area contributed by atoms with Crippen LogP contribution >= 0.6 is 0 Å². The summed E-state index contributed by atoms with van der Waals surface area (Å²) in [5.41, 5.74) is 0. The highest BCUT2D eigenvalue weighted by Crippen LogP contribution is 2.16. The van der Waals surface area contributed by atoms with E-state index in [4.69, 9.17) is 14.2 Å². The van der Waals surface area contributed by atoms with Crippen LogP contribution in [0.2, 0.25) is 0 Å². The van der Waals surface area contributed by atoms with E-state index < -0.39 is 6.10 Å². The average molecular weight is 1030 g/mol. The first kappa shape index (κ1) is 70.3. The average Bonchev–Trinajstić information content (AvgIpc) is 3.40. The Morgan fingerprint density at radius 2 is 0.527 bits per heavy atom. The van der Waals surface area contributed by atoms with Gasteiger partial charge in [-0.1, -0.05) is 272 Å². The third-order valence-electron chi connectivity index (χ3n) is 13.3. The van der Waals surface area contributed by atoms with E-state index in [-0.39, 0.29) is 31.1 Å². The number of rotatable bonds is 56. The van der Waals surface area contributed by atoms with Gasteiger partial charge in [-0.25, -0.2) is 0 Å². The lowest BCUT2D eigenvalue weighted by molar-refractivity contribution is -0.167. The molecule has 0 saturated heterocycles. The topological polar surface area (TPSA) is 78.9 Å². The second kappa shape index (κ2) is 61.9. The van der Waals surface area contributed by atoms with Crippen LogP contribution in [-0.2, 0) is 28.6 Å². The van der Waals surface area contributed by atoms with Crippen molar-refractivity contribution in [2.24, 2.45) is 0 Å². The summed E-state index contributed by atoms with van der Waals surface area (Å²) in [6.45, 7) is 6.49. The van der Waals surface area contributed by atoms with Crippen molar-refractivity contribution < 1.29 is 28.6 Å². The highest BCUT2D eigenvalue weighted by Gasteiger charge is 2.19. The lowest BCUT2D eigenvalue weighted by Crippen LogP contribution is -2.30. The SMILES string of the molecule is CC/C=C\C/C=C\C/C=C\C/C=C\C/C=C\C/C=C\CCCCCCCCCCCCCCC(=O)OCC(COC(=O)CCCCCCCCCCCC)OC(=O)CCCCCCC/C=C\C/C=C\CCCCC. The normalized spacial score (nSPS) is 12.7. The van der Waals surface area contributed by atoms with E-state index >= 15 is 0 Å². The van der Waals surface area contributed by atoms with E-state index in [2.05, 4.69) is 118 Å². The maximum absolute atomic E-state index is 12.8. The Labute approximate surface area is 457 Å². The Hall–Kier alpha value is -3.67. The van der Waals surface area contributed by atoms with Crippen LogP contribution in [0.1, 0.15) is 297 Å². The van der Waals surface area contributed by atoms with Crippen molar-refractivity contribution in [1.29, 1.82) is 0 Å². The molecule has 0 amide bonds. The molecule has 0 aromatic heterocycles. The molecule has 6 nitrogen and oxygen atoms in total. The fourth-order valence-corrected chi connectivity index (χ4v) is 8.65. The summed E-state index contributed by atoms with van der Waals surface area (Å²) >= 11 is 0. The van der Waals surface area contributed by atoms with E-state index in [1.54, 1.807) is 0 Å². The lowest BCUT2D eigenvalue weighted by Gasteiger charge is -2.18. The van der Waals surface area contributed by atoms with Gasteiger partial charge in [0.2, 0.25) is 0 Å². The smallest absolute Gasteiger partial charge is 0.306 e. The van der Waals surface area contributed by atoms with Gasteiger partial charge in [0.05, 0.1) is 0 Å². The van der Waals surface area contributed by atoms with E-state index in [0.29, 0.717) is 19.3 Å². The number of unbranched alkanes of at least 4 members (excludes halogenated alkanes) is 29. The molecule has 0 fully saturated rings. The zero-order chi connectivity index (χ0) is 53.6. The molecule has 0 aliphatic heterocycles. The predicted octanol–water partition coefficient (Wildman–Crippen LogP) is 21.3. The van der Waals surface area contributed by atoms with Crippen molar-refractivity contribution in [3.05, 3.63) is 97.2 Å². The number of esters is 3. The van der Waals surface area contributed by atoms with Crippen molar-refractivity contribution in [1.82, 2.24) is 0 Å². The second-order valence-electron chi connectivity index (χ2n) is 20.6. The fourth-order valence-electron chi connectivity index (χ4n) is 8.65. The van der Waals surface area contributed by atoms with Gasteiger partial charge in [-0.3, -0.25) is 14.4 Å². The minimum atomic E-state index is -0.783. The summed E-state index contributed by atoms with van der Waals surface area (Å²) < 4.78 is 16.9. The van der Waals surface area contributed by atoms with Gasteiger partial charge in [0.25, 0.3) is 0 Å². The molecular formula is C68H116O6. The molecule has 0 radical (unpaired) electrons. The highest BCUT2D eigenvalue weighted by atomic mass is 16.6. The first-order valence-corrected chi connectivity index (χ1v) is 31.2. The highest BCUT2D eigenvalue weighted by molar-refractivity contribution is 5.71. The van der Waals surface area contributed by atoms with Crippen LogP contribution in [0, 0.1) is 0 Å². The zero-order valence-corrected chi connectivity index (χ0v) is 48.6. The summed E-state index contributed by atoms with van der Waals surface area (Å²) in [5, 5.41) is 0. The van der Waals surface area contributed by atoms with Crippen LogP contribution in [-0.4, -0.2) is 37.2 Å². The molecule has 0 aliphatic rings. The number of hydrogen-bond acceptors (Lipinski definition) is 6. The van der Waals surface area contributed by atoms with Gasteiger partial charge in [-0.15, -0.1) is 0 Å². The molecule has 424 valence electrons. The van der Waals surface area contributed by atoms with Crippen molar-refractivity contribution in [2.45, 2.75) is 303 Å². The molecule has 0 aromatic rings. The van der Waals surface area contributed by atoms with Gasteiger partial charge in [-0.05, 0) is 103 Å². The van der Waals surface area contributed by atoms with Gasteiger partial charge in [0, 0.05) is 19.3 Å². The van der Waals surface area contributed by atoms with E-state index in [1.165, 1.54) is 135 Å². The van der Waals surface area contributed by atoms with Crippen LogP contribution in [0.4, 0.5) is 0 Å². The van der Waals surface area contributed by atoms with Crippen molar-refractivity contribution in [3.63, 3.8) is 0 Å². The molecule has 0 saturated carbocycles. The second-order valence-corrected chi connectivity index (χ2v) is 20.6. The zero-order valence-electron chi connectivity index (χ0n) is 48.6. The summed E-state index contributed by atoms with van der Waals surface area (Å²) in [5.74, 6) is -0.891. The molecule has 0 aliphatic carbocycles. The van der Waals surface area contributed by atoms with Crippen LogP contribution < -0.4 is 0 Å². The Kier molecular flexibility index (Phi) is 58.8. The van der Waals surface area contributed by atoms with E-state index in [9.17, 15) is 14.4 Å². The first-order chi connectivity index (χ1) is 36.5. The van der Waals surface area contributed by atoms with E-state index in [0.717, 1.165) is 122 Å². The summed E-state index contributed by atoms with van der Waals surface area (Å²) in [6.07, 6.45) is 82.7. The summed E-state index contributed by atoms with van der Waals surface area (Å²) in [4.78, 5) is 38.1. The Balaban J connectivity index is 4.18. The number of ether oxygens (including phenoxy) is 3. The van der Waals surface area contributed by atoms with Gasteiger partial charge >= 0.3 is 17.9 Å². The molecule has 0 rings (SSSR count). The third kappa shape index (κ3) is 59.2. The molecule has 0 heterocycles. The quantitative estimate of drug-likeness (QED) is 0.0261. The Morgan fingerprint density at radius 1 is 0.284 bits per heavy atom. The Morgan fingerprint density at radius 3 is 0.851 bits per heavy atom. The Bertz CT molecular complexity index is 1460. The number of carbonyl (C=O) groups excluding carboxylic acids is 3. The van der Waals surface area contributed by atoms with Crippen molar-refractivity contribution in [3.8, 4) is 0 Å². The van der Waals surface area contributed by atoms with Gasteiger partial charge in [0.1, 0.15) is 13.2 Å². The molecule has 0 aromatic carbocycles. The third-order valence-corrected chi connectivity index (χ3v) is 13.3. The maximum Gasteiger partial charge on any atom is 0.306 e. The monoisotopic (exact) mass is 1030 g/mol. The number of hydrogen-bond donors (Lipinski definition) is 0. The van der Waals surface area contributed by atoms with Crippen LogP contribution in [0.5, 0.6) is 0 Å². The molecule has 6 heteroatoms. The number of allylic oxidation sites excluding steroid dienone is 16. The van der Waals surface area contributed by atoms with Crippen LogP contribution in [0.25, 0.3) is 0 Å². The molecule has 0 spiro atoms. The minimum Gasteiger partial charge on any atom is -0.462 e. The predicted molar refractivity (Wildman–Crippen MR) is 320 cm³/mol. The van der Waals surface area contributed by atoms with Gasteiger partial charge < -0.3 is 14.2 Å². The molecule has 1 unspecified atom stereocenters. The molecular weight excluding hydrogens is 913 g/mol. The standard InChI is InChI=1S/C68H116O6/c1-4-7-10-13-16-19-22-24-26-27-28-29-30-31-32-33-34-35-36-37-38-39-40-41-43-44-46-49-52-55-58-61-67(70)73-64-65(63-72-66(69)60-57-54-51-48-21-18-15-12-9-6-3)74-68(71)62-59-56-53-50-47-45-42-25-23-20-17-14-11-8-5-2/h7,10,16-17,19-20,24-26,28-29,31-32,34-35,42,65H,4-6,8-9,11-15,18,21-23,27,30,33,36-41,43-64H2,1-3H3/b10-7-,19-16-,20-17-,26-24-,29-28-,32-31-,35-34-,42-25-. The van der Waals surface area contributed by atoms with Gasteiger partial charge in [-0.2, -0.15) is 0 Å². The summed E-state index contributed by atoms with van der Waals surface area (Å²) in [7, 11) is 0. The molecule has 0 bridgehead atoms. The number of carbonyl (C=O) groups is 3. The van der Waals surface area contributed by atoms with Gasteiger partial charge in [0.15, 0.2) is 6.10 Å². The van der Waals surface area contributed by atoms with Crippen LogP contribution in [0.3, 0.4) is 0 Å². The maximum atomic E-state index is 12.8. The molecule has 0 N–H and O–H groups in total. The van der Waals surface area contributed by atoms with Crippen LogP contribution in [0.15, 0.2) is 97.2 Å².